The lowest BCUT2D eigenvalue weighted by atomic mass is 10.1. The van der Waals surface area contributed by atoms with Crippen molar-refractivity contribution in [2.45, 2.75) is 13.1 Å². The van der Waals surface area contributed by atoms with E-state index in [1.807, 2.05) is 6.07 Å². The zero-order chi connectivity index (χ0) is 22.9. The van der Waals surface area contributed by atoms with Crippen LogP contribution in [-0.2, 0) is 20.1 Å². The maximum atomic E-state index is 12.9. The van der Waals surface area contributed by atoms with E-state index < -0.39 is 11.8 Å². The van der Waals surface area contributed by atoms with Gasteiger partial charge in [-0.25, -0.2) is 4.68 Å². The van der Waals surface area contributed by atoms with Crippen LogP contribution in [0.2, 0.25) is 0 Å². The highest BCUT2D eigenvalue weighted by Gasteiger charge is 2.19. The normalized spacial score (nSPS) is 14.0. The largest absolute Gasteiger partial charge is 0.349 e. The number of fused-ring (bicyclic) bond motifs is 8. The Morgan fingerprint density at radius 3 is 2.73 bits per heavy atom. The fraction of sp³-hybridized carbons (Fsp3) is 0.182. The van der Waals surface area contributed by atoms with E-state index in [1.165, 1.54) is 15.4 Å². The molecule has 0 saturated carbocycles. The van der Waals surface area contributed by atoms with Crippen LogP contribution in [0.3, 0.4) is 0 Å². The Kier molecular flexibility index (Phi) is 5.05. The lowest BCUT2D eigenvalue weighted by Gasteiger charge is -2.10. The number of amides is 2. The lowest BCUT2D eigenvalue weighted by Crippen LogP contribution is -2.29. The van der Waals surface area contributed by atoms with Gasteiger partial charge in [-0.1, -0.05) is 12.1 Å². The van der Waals surface area contributed by atoms with E-state index in [0.29, 0.717) is 30.0 Å². The van der Waals surface area contributed by atoms with Gasteiger partial charge in [-0.3, -0.25) is 23.7 Å². The van der Waals surface area contributed by atoms with Crippen LogP contribution in [0.5, 0.6) is 0 Å². The van der Waals surface area contributed by atoms with Gasteiger partial charge in [0.25, 0.3) is 17.4 Å². The van der Waals surface area contributed by atoms with Gasteiger partial charge in [0, 0.05) is 43.2 Å². The summed E-state index contributed by atoms with van der Waals surface area (Å²) in [5.41, 5.74) is 2.63. The van der Waals surface area contributed by atoms with Gasteiger partial charge in [-0.05, 0) is 23.8 Å². The molecule has 0 unspecified atom stereocenters. The smallest absolute Gasteiger partial charge is 0.274 e. The summed E-state index contributed by atoms with van der Waals surface area (Å²) in [7, 11) is 1.67. The monoisotopic (exact) mass is 444 g/mol. The molecule has 11 nitrogen and oxygen atoms in total. The Balaban J connectivity index is 1.57. The number of hydrogen-bond acceptors (Lipinski definition) is 6. The number of carbonyl (C=O) groups excluding carboxylic acids is 2. The third-order valence-corrected chi connectivity index (χ3v) is 5.24. The van der Waals surface area contributed by atoms with Crippen molar-refractivity contribution < 1.29 is 9.59 Å². The van der Waals surface area contributed by atoms with E-state index in [9.17, 15) is 14.4 Å². The molecule has 2 N–H and O–H groups in total. The molecule has 33 heavy (non-hydrogen) atoms. The first kappa shape index (κ1) is 20.4. The van der Waals surface area contributed by atoms with E-state index in [-0.39, 0.29) is 17.8 Å². The molecule has 1 aliphatic rings. The van der Waals surface area contributed by atoms with Gasteiger partial charge in [-0.2, -0.15) is 15.3 Å². The molecular weight excluding hydrogens is 424 g/mol. The maximum absolute atomic E-state index is 12.9. The summed E-state index contributed by atoms with van der Waals surface area (Å²) < 4.78 is 4.50. The predicted molar refractivity (Wildman–Crippen MR) is 119 cm³/mol. The van der Waals surface area contributed by atoms with E-state index in [1.54, 1.807) is 54.6 Å². The van der Waals surface area contributed by atoms with Crippen molar-refractivity contribution in [1.29, 1.82) is 0 Å². The Bertz CT molecular complexity index is 1430. The van der Waals surface area contributed by atoms with Gasteiger partial charge in [-0.15, -0.1) is 0 Å². The van der Waals surface area contributed by atoms with Gasteiger partial charge < -0.3 is 10.6 Å². The van der Waals surface area contributed by atoms with Crippen molar-refractivity contribution in [3.8, 4) is 11.3 Å². The molecule has 4 heterocycles. The first-order chi connectivity index (χ1) is 16.0. The van der Waals surface area contributed by atoms with E-state index in [0.717, 1.165) is 11.1 Å². The second-order valence-corrected chi connectivity index (χ2v) is 7.68. The molecule has 4 aromatic rings. The molecular formula is C22H20N8O3. The number of carbonyl (C=O) groups is 2. The number of benzene rings is 1. The van der Waals surface area contributed by atoms with Crippen molar-refractivity contribution in [2.75, 3.05) is 11.9 Å². The number of hydrogen-bond donors (Lipinski definition) is 2. The Morgan fingerprint density at radius 2 is 1.85 bits per heavy atom. The first-order valence-corrected chi connectivity index (χ1v) is 10.3. The molecule has 1 aromatic carbocycles. The minimum Gasteiger partial charge on any atom is -0.349 e. The summed E-state index contributed by atoms with van der Waals surface area (Å²) in [6, 6.07) is 10.0. The van der Waals surface area contributed by atoms with Crippen molar-refractivity contribution >= 4 is 17.5 Å². The van der Waals surface area contributed by atoms with Crippen molar-refractivity contribution in [2.24, 2.45) is 7.05 Å². The second kappa shape index (κ2) is 8.19. The molecule has 0 radical (unpaired) electrons. The highest BCUT2D eigenvalue weighted by Crippen LogP contribution is 2.17. The molecule has 5 rings (SSSR count). The molecule has 11 heteroatoms. The molecule has 6 bridgehead atoms. The molecule has 0 aliphatic carbocycles. The summed E-state index contributed by atoms with van der Waals surface area (Å²) in [6.45, 7) is 0.922. The maximum Gasteiger partial charge on any atom is 0.274 e. The standard InChI is InChI=1S/C22H20N8O3/c1-28-13-18-20(27-28)22(33)23-7-8-29-12-16(10-24-29)17-5-6-19(31)30(26-17)11-14-3-2-4-15(9-14)21(32)25-18/h2-6,9-10,12-13H,7-8,11H2,1H3,(H,23,33)(H,25,32). The van der Waals surface area contributed by atoms with Crippen LogP contribution in [0.25, 0.3) is 11.3 Å². The number of aryl methyl sites for hydroxylation is 1. The molecule has 0 spiro atoms. The van der Waals surface area contributed by atoms with E-state index in [2.05, 4.69) is 25.9 Å². The number of aromatic nitrogens is 6. The molecule has 2 amide bonds. The van der Waals surface area contributed by atoms with Crippen molar-refractivity contribution in [1.82, 2.24) is 34.7 Å². The van der Waals surface area contributed by atoms with Crippen LogP contribution in [0.15, 0.2) is 59.8 Å². The summed E-state index contributed by atoms with van der Waals surface area (Å²) in [6.07, 6.45) is 5.04. The van der Waals surface area contributed by atoms with Crippen molar-refractivity contribution in [3.05, 3.63) is 82.2 Å². The molecule has 0 saturated heterocycles. The predicted octanol–water partition coefficient (Wildman–Crippen LogP) is 0.884. The second-order valence-electron chi connectivity index (χ2n) is 7.68. The Hall–Kier alpha value is -4.54. The summed E-state index contributed by atoms with van der Waals surface area (Å²) in [5, 5.41) is 18.5. The topological polar surface area (TPSA) is 129 Å². The summed E-state index contributed by atoms with van der Waals surface area (Å²) >= 11 is 0. The number of nitrogens with zero attached hydrogens (tertiary/aromatic N) is 6. The molecule has 0 atom stereocenters. The zero-order valence-corrected chi connectivity index (χ0v) is 17.7. The molecule has 1 aliphatic heterocycles. The first-order valence-electron chi connectivity index (χ1n) is 10.3. The van der Waals surface area contributed by atoms with Crippen LogP contribution < -0.4 is 16.2 Å². The minimum atomic E-state index is -0.401. The molecule has 3 aromatic heterocycles. The highest BCUT2D eigenvalue weighted by molar-refractivity contribution is 6.08. The fourth-order valence-corrected chi connectivity index (χ4v) is 3.63. The molecule has 166 valence electrons. The van der Waals surface area contributed by atoms with Crippen molar-refractivity contribution in [3.63, 3.8) is 0 Å². The summed E-state index contributed by atoms with van der Waals surface area (Å²) in [5.74, 6) is -0.793. The number of anilines is 1. The van der Waals surface area contributed by atoms with Gasteiger partial charge in [0.2, 0.25) is 0 Å². The Labute approximate surface area is 187 Å². The lowest BCUT2D eigenvalue weighted by molar-refractivity contribution is 0.0947. The van der Waals surface area contributed by atoms with E-state index in [4.69, 9.17) is 0 Å². The number of nitrogens with one attached hydrogen (secondary N) is 2. The van der Waals surface area contributed by atoms with Crippen LogP contribution >= 0.6 is 0 Å². The van der Waals surface area contributed by atoms with Gasteiger partial charge >= 0.3 is 0 Å². The van der Waals surface area contributed by atoms with Crippen LogP contribution in [0.1, 0.15) is 26.4 Å². The average Bonchev–Trinajstić information content (AvgIpc) is 3.41. The van der Waals surface area contributed by atoms with Crippen LogP contribution in [-0.4, -0.2) is 47.7 Å². The quantitative estimate of drug-likeness (QED) is 0.414. The SMILES string of the molecule is Cn1cc2c(n1)C(=O)NCCn1cc(cn1)-c1ccc(=O)n(n1)Cc1cccc(c1)C(=O)N2. The average molecular weight is 444 g/mol. The van der Waals surface area contributed by atoms with Gasteiger partial charge in [0.05, 0.1) is 30.7 Å². The van der Waals surface area contributed by atoms with Crippen LogP contribution in [0, 0.1) is 0 Å². The van der Waals surface area contributed by atoms with Crippen LogP contribution in [0.4, 0.5) is 5.69 Å². The fourth-order valence-electron chi connectivity index (χ4n) is 3.63. The molecule has 0 fully saturated rings. The minimum absolute atomic E-state index is 0.120. The van der Waals surface area contributed by atoms with E-state index >= 15 is 0 Å². The third-order valence-electron chi connectivity index (χ3n) is 5.24. The highest BCUT2D eigenvalue weighted by atomic mass is 16.2. The zero-order valence-electron chi connectivity index (χ0n) is 17.7. The third kappa shape index (κ3) is 4.15. The van der Waals surface area contributed by atoms with Gasteiger partial charge in [0.15, 0.2) is 5.69 Å². The van der Waals surface area contributed by atoms with Gasteiger partial charge in [0.1, 0.15) is 0 Å². The summed E-state index contributed by atoms with van der Waals surface area (Å²) in [4.78, 5) is 38.0. The Morgan fingerprint density at radius 1 is 0.970 bits per heavy atom. The number of rotatable bonds is 0.